The maximum atomic E-state index is 11.7. The second-order valence-corrected chi connectivity index (χ2v) is 4.85. The minimum atomic E-state index is -0.548. The number of aryl methyl sites for hydroxylation is 1. The standard InChI is InChI=1S/C18H15NO5/c1-12-16(18(21)22-2)9-15(24-12)11-23-17(20)8-7-13-3-5-14(10-19)6-4-13/h3-9H,11H2,1-2H3/b8-7+. The topological polar surface area (TPSA) is 89.5 Å². The van der Waals surface area contributed by atoms with Crippen LogP contribution in [0.5, 0.6) is 0 Å². The third kappa shape index (κ3) is 4.34. The summed E-state index contributed by atoms with van der Waals surface area (Å²) in [5.74, 6) is -0.295. The number of hydrogen-bond donors (Lipinski definition) is 0. The van der Waals surface area contributed by atoms with E-state index >= 15 is 0 Å². The predicted molar refractivity (Wildman–Crippen MR) is 84.8 cm³/mol. The quantitative estimate of drug-likeness (QED) is 0.620. The van der Waals surface area contributed by atoms with Gasteiger partial charge in [0.2, 0.25) is 0 Å². The molecule has 1 heterocycles. The molecule has 24 heavy (non-hydrogen) atoms. The van der Waals surface area contributed by atoms with Crippen molar-refractivity contribution in [3.05, 3.63) is 64.6 Å². The summed E-state index contributed by atoms with van der Waals surface area (Å²) in [6, 6.07) is 10.3. The highest BCUT2D eigenvalue weighted by atomic mass is 16.5. The normalized spacial score (nSPS) is 10.4. The SMILES string of the molecule is COC(=O)c1cc(COC(=O)/C=C/c2ccc(C#N)cc2)oc1C. The Morgan fingerprint density at radius 2 is 2.00 bits per heavy atom. The van der Waals surface area contributed by atoms with Gasteiger partial charge in [0.25, 0.3) is 0 Å². The van der Waals surface area contributed by atoms with Crippen LogP contribution in [0.15, 0.2) is 40.8 Å². The van der Waals surface area contributed by atoms with E-state index < -0.39 is 11.9 Å². The van der Waals surface area contributed by atoms with Gasteiger partial charge >= 0.3 is 11.9 Å². The fourth-order valence-electron chi connectivity index (χ4n) is 1.95. The molecule has 0 aliphatic carbocycles. The lowest BCUT2D eigenvalue weighted by Gasteiger charge is -1.98. The Morgan fingerprint density at radius 3 is 2.62 bits per heavy atom. The third-order valence-corrected chi connectivity index (χ3v) is 3.18. The second kappa shape index (κ2) is 7.79. The monoisotopic (exact) mass is 325 g/mol. The summed E-state index contributed by atoms with van der Waals surface area (Å²) in [6.07, 6.45) is 2.86. The van der Waals surface area contributed by atoms with Crippen LogP contribution in [-0.2, 0) is 20.9 Å². The number of rotatable bonds is 5. The van der Waals surface area contributed by atoms with E-state index in [0.717, 1.165) is 5.56 Å². The van der Waals surface area contributed by atoms with Crippen LogP contribution in [0.2, 0.25) is 0 Å². The molecule has 0 atom stereocenters. The molecule has 122 valence electrons. The average molecular weight is 325 g/mol. The Kier molecular flexibility index (Phi) is 5.53. The number of hydrogen-bond acceptors (Lipinski definition) is 6. The summed E-state index contributed by atoms with van der Waals surface area (Å²) >= 11 is 0. The van der Waals surface area contributed by atoms with Gasteiger partial charge in [0.15, 0.2) is 0 Å². The summed E-state index contributed by atoms with van der Waals surface area (Å²) in [5, 5.41) is 8.72. The van der Waals surface area contributed by atoms with Gasteiger partial charge in [-0.2, -0.15) is 5.26 Å². The van der Waals surface area contributed by atoms with E-state index in [1.54, 1.807) is 37.3 Å². The fourth-order valence-corrected chi connectivity index (χ4v) is 1.95. The first-order valence-corrected chi connectivity index (χ1v) is 7.06. The number of carbonyl (C=O) groups is 2. The molecular formula is C18H15NO5. The number of benzene rings is 1. The molecular weight excluding hydrogens is 310 g/mol. The van der Waals surface area contributed by atoms with Crippen molar-refractivity contribution in [1.82, 2.24) is 0 Å². The highest BCUT2D eigenvalue weighted by molar-refractivity contribution is 5.90. The van der Waals surface area contributed by atoms with E-state index in [0.29, 0.717) is 22.6 Å². The molecule has 0 N–H and O–H groups in total. The Hall–Kier alpha value is -3.33. The van der Waals surface area contributed by atoms with Crippen molar-refractivity contribution in [3.8, 4) is 6.07 Å². The van der Waals surface area contributed by atoms with Gasteiger partial charge in [0.05, 0.1) is 18.7 Å². The average Bonchev–Trinajstić information content (AvgIpc) is 2.98. The second-order valence-electron chi connectivity index (χ2n) is 4.85. The molecule has 0 amide bonds. The molecule has 1 aromatic heterocycles. The maximum Gasteiger partial charge on any atom is 0.341 e. The van der Waals surface area contributed by atoms with E-state index in [4.69, 9.17) is 14.4 Å². The summed E-state index contributed by atoms with van der Waals surface area (Å²) in [5.41, 5.74) is 1.62. The van der Waals surface area contributed by atoms with Crippen LogP contribution in [0.4, 0.5) is 0 Å². The van der Waals surface area contributed by atoms with Crippen LogP contribution in [0.1, 0.15) is 33.0 Å². The number of esters is 2. The lowest BCUT2D eigenvalue weighted by atomic mass is 10.1. The van der Waals surface area contributed by atoms with Crippen molar-refractivity contribution in [2.45, 2.75) is 13.5 Å². The van der Waals surface area contributed by atoms with Crippen molar-refractivity contribution < 1.29 is 23.5 Å². The van der Waals surface area contributed by atoms with Crippen LogP contribution >= 0.6 is 0 Å². The van der Waals surface area contributed by atoms with E-state index in [-0.39, 0.29) is 6.61 Å². The summed E-state index contributed by atoms with van der Waals surface area (Å²) in [4.78, 5) is 23.2. The number of nitriles is 1. The summed E-state index contributed by atoms with van der Waals surface area (Å²) in [6.45, 7) is 1.54. The zero-order valence-corrected chi connectivity index (χ0v) is 13.2. The molecule has 6 heteroatoms. The zero-order valence-electron chi connectivity index (χ0n) is 13.2. The Bertz CT molecular complexity index is 809. The van der Waals surface area contributed by atoms with Crippen molar-refractivity contribution in [3.63, 3.8) is 0 Å². The number of carbonyl (C=O) groups excluding carboxylic acids is 2. The highest BCUT2D eigenvalue weighted by Crippen LogP contribution is 2.16. The van der Waals surface area contributed by atoms with Crippen LogP contribution in [0.25, 0.3) is 6.08 Å². The first-order valence-electron chi connectivity index (χ1n) is 7.06. The molecule has 1 aromatic carbocycles. The first kappa shape index (κ1) is 17.0. The van der Waals surface area contributed by atoms with Crippen LogP contribution < -0.4 is 0 Å². The Labute approximate surface area is 138 Å². The predicted octanol–water partition coefficient (Wildman–Crippen LogP) is 3.00. The van der Waals surface area contributed by atoms with Crippen molar-refractivity contribution >= 4 is 18.0 Å². The molecule has 0 aliphatic heterocycles. The smallest absolute Gasteiger partial charge is 0.341 e. The van der Waals surface area contributed by atoms with Crippen LogP contribution in [-0.4, -0.2) is 19.0 Å². The molecule has 2 rings (SSSR count). The van der Waals surface area contributed by atoms with Gasteiger partial charge < -0.3 is 13.9 Å². The third-order valence-electron chi connectivity index (χ3n) is 3.18. The van der Waals surface area contributed by atoms with E-state index in [2.05, 4.69) is 4.74 Å². The van der Waals surface area contributed by atoms with Gasteiger partial charge in [0, 0.05) is 6.08 Å². The molecule has 0 unspecified atom stereocenters. The minimum Gasteiger partial charge on any atom is -0.465 e. The Morgan fingerprint density at radius 1 is 1.29 bits per heavy atom. The van der Waals surface area contributed by atoms with E-state index in [9.17, 15) is 9.59 Å². The molecule has 0 spiro atoms. The number of methoxy groups -OCH3 is 1. The minimum absolute atomic E-state index is 0.0889. The molecule has 0 radical (unpaired) electrons. The molecule has 0 saturated carbocycles. The first-order chi connectivity index (χ1) is 11.5. The van der Waals surface area contributed by atoms with Gasteiger partial charge in [-0.05, 0) is 36.8 Å². The van der Waals surface area contributed by atoms with Gasteiger partial charge in [-0.25, -0.2) is 9.59 Å². The lowest BCUT2D eigenvalue weighted by molar-refractivity contribution is -0.139. The van der Waals surface area contributed by atoms with Gasteiger partial charge in [-0.3, -0.25) is 0 Å². The molecule has 2 aromatic rings. The van der Waals surface area contributed by atoms with Gasteiger partial charge in [-0.15, -0.1) is 0 Å². The lowest BCUT2D eigenvalue weighted by Crippen LogP contribution is -2.01. The van der Waals surface area contributed by atoms with Gasteiger partial charge in [0.1, 0.15) is 23.7 Å². The molecule has 0 aliphatic rings. The molecule has 0 saturated heterocycles. The summed E-state index contributed by atoms with van der Waals surface area (Å²) in [7, 11) is 1.28. The number of furan rings is 1. The van der Waals surface area contributed by atoms with Gasteiger partial charge in [-0.1, -0.05) is 12.1 Å². The van der Waals surface area contributed by atoms with Crippen molar-refractivity contribution in [1.29, 1.82) is 5.26 Å². The largest absolute Gasteiger partial charge is 0.465 e. The molecule has 0 fully saturated rings. The molecule has 0 bridgehead atoms. The van der Waals surface area contributed by atoms with Crippen molar-refractivity contribution in [2.75, 3.05) is 7.11 Å². The Balaban J connectivity index is 1.92. The van der Waals surface area contributed by atoms with Crippen LogP contribution in [0.3, 0.4) is 0 Å². The number of ether oxygens (including phenoxy) is 2. The number of nitrogens with zero attached hydrogens (tertiary/aromatic N) is 1. The molecule has 6 nitrogen and oxygen atoms in total. The zero-order chi connectivity index (χ0) is 17.5. The van der Waals surface area contributed by atoms with Crippen LogP contribution in [0, 0.1) is 18.3 Å². The fraction of sp³-hybridized carbons (Fsp3) is 0.167. The van der Waals surface area contributed by atoms with E-state index in [1.807, 2.05) is 6.07 Å². The highest BCUT2D eigenvalue weighted by Gasteiger charge is 2.15. The van der Waals surface area contributed by atoms with Crippen molar-refractivity contribution in [2.24, 2.45) is 0 Å². The maximum absolute atomic E-state index is 11.7. The van der Waals surface area contributed by atoms with E-state index in [1.165, 1.54) is 19.3 Å². The summed E-state index contributed by atoms with van der Waals surface area (Å²) < 4.78 is 15.0.